The van der Waals surface area contributed by atoms with E-state index in [0.29, 0.717) is 12.5 Å². The number of carbonyl (C=O) groups is 2. The minimum Gasteiger partial charge on any atom is -0.353 e. The van der Waals surface area contributed by atoms with E-state index in [9.17, 15) is 9.59 Å². The Morgan fingerprint density at radius 3 is 2.23 bits per heavy atom. The lowest BCUT2D eigenvalue weighted by Crippen LogP contribution is -2.57. The fraction of sp³-hybridized carbons (Fsp3) is 0.440. The first kappa shape index (κ1) is 20.6. The zero-order valence-corrected chi connectivity index (χ0v) is 17.5. The molecule has 1 spiro atoms. The average molecular weight is 407 g/mol. The van der Waals surface area contributed by atoms with Gasteiger partial charge < -0.3 is 10.1 Å². The summed E-state index contributed by atoms with van der Waals surface area (Å²) in [6, 6.07) is 19.0. The highest BCUT2D eigenvalue weighted by Gasteiger charge is 2.53. The topological polar surface area (TPSA) is 58.6 Å². The number of nitrogens with one attached hydrogen (secondary N) is 1. The second kappa shape index (κ2) is 9.00. The van der Waals surface area contributed by atoms with Crippen LogP contribution in [0, 0.1) is 5.92 Å². The molecule has 0 bridgehead atoms. The van der Waals surface area contributed by atoms with Crippen molar-refractivity contribution < 1.29 is 14.3 Å². The van der Waals surface area contributed by atoms with E-state index < -0.39 is 11.8 Å². The fourth-order valence-corrected chi connectivity index (χ4v) is 4.61. The van der Waals surface area contributed by atoms with Gasteiger partial charge in [0.1, 0.15) is 11.8 Å². The van der Waals surface area contributed by atoms with Crippen LogP contribution in [0.3, 0.4) is 0 Å². The Hall–Kier alpha value is -2.66. The first-order valence-corrected chi connectivity index (χ1v) is 10.9. The van der Waals surface area contributed by atoms with E-state index in [2.05, 4.69) is 12.2 Å². The molecule has 2 fully saturated rings. The van der Waals surface area contributed by atoms with Gasteiger partial charge >= 0.3 is 0 Å². The SMILES string of the molecule is CC1CCC2(CC1)OC[C@@H](C(=O)NCc1ccccc1)N2C(=O)Cc1ccccc1. The van der Waals surface area contributed by atoms with E-state index in [-0.39, 0.29) is 24.8 Å². The van der Waals surface area contributed by atoms with Crippen LogP contribution in [0.15, 0.2) is 60.7 Å². The summed E-state index contributed by atoms with van der Waals surface area (Å²) in [4.78, 5) is 28.3. The van der Waals surface area contributed by atoms with Gasteiger partial charge in [0.2, 0.25) is 11.8 Å². The van der Waals surface area contributed by atoms with Crippen LogP contribution in [0.25, 0.3) is 0 Å². The minimum absolute atomic E-state index is 0.0342. The molecule has 2 amide bonds. The number of carbonyl (C=O) groups excluding carboxylic acids is 2. The first-order chi connectivity index (χ1) is 14.6. The van der Waals surface area contributed by atoms with Crippen molar-refractivity contribution in [2.75, 3.05) is 6.61 Å². The summed E-state index contributed by atoms with van der Waals surface area (Å²) in [6.07, 6.45) is 3.87. The van der Waals surface area contributed by atoms with Crippen molar-refractivity contribution in [2.24, 2.45) is 5.92 Å². The summed E-state index contributed by atoms with van der Waals surface area (Å²) < 4.78 is 6.23. The number of benzene rings is 2. The van der Waals surface area contributed by atoms with Gasteiger partial charge in [-0.1, -0.05) is 67.6 Å². The predicted molar refractivity (Wildman–Crippen MR) is 115 cm³/mol. The monoisotopic (exact) mass is 406 g/mol. The minimum atomic E-state index is -0.646. The number of hydrogen-bond donors (Lipinski definition) is 1. The lowest BCUT2D eigenvalue weighted by molar-refractivity contribution is -0.160. The predicted octanol–water partition coefficient (Wildman–Crippen LogP) is 3.68. The molecular weight excluding hydrogens is 376 g/mol. The van der Waals surface area contributed by atoms with Crippen LogP contribution in [0.5, 0.6) is 0 Å². The summed E-state index contributed by atoms with van der Waals surface area (Å²) in [5, 5.41) is 3.01. The molecule has 5 nitrogen and oxygen atoms in total. The van der Waals surface area contributed by atoms with Crippen LogP contribution in [-0.4, -0.2) is 35.1 Å². The second-order valence-electron chi connectivity index (χ2n) is 8.59. The van der Waals surface area contributed by atoms with E-state index in [1.807, 2.05) is 60.7 Å². The largest absolute Gasteiger partial charge is 0.353 e. The third-order valence-electron chi connectivity index (χ3n) is 6.40. The maximum Gasteiger partial charge on any atom is 0.245 e. The fourth-order valence-electron chi connectivity index (χ4n) is 4.61. The Labute approximate surface area is 178 Å². The van der Waals surface area contributed by atoms with Gasteiger partial charge in [-0.25, -0.2) is 0 Å². The van der Waals surface area contributed by atoms with E-state index in [4.69, 9.17) is 4.74 Å². The molecule has 1 N–H and O–H groups in total. The first-order valence-electron chi connectivity index (χ1n) is 10.9. The highest BCUT2D eigenvalue weighted by atomic mass is 16.5. The number of amides is 2. The van der Waals surface area contributed by atoms with Crippen LogP contribution in [0.2, 0.25) is 0 Å². The Kier molecular flexibility index (Phi) is 6.18. The van der Waals surface area contributed by atoms with E-state index >= 15 is 0 Å². The molecule has 5 heteroatoms. The number of nitrogens with zero attached hydrogens (tertiary/aromatic N) is 1. The molecule has 2 aromatic carbocycles. The van der Waals surface area contributed by atoms with Gasteiger partial charge in [-0.05, 0) is 42.7 Å². The van der Waals surface area contributed by atoms with Gasteiger partial charge in [0, 0.05) is 6.54 Å². The quantitative estimate of drug-likeness (QED) is 0.824. The van der Waals surface area contributed by atoms with Gasteiger partial charge in [-0.15, -0.1) is 0 Å². The van der Waals surface area contributed by atoms with E-state index in [0.717, 1.165) is 36.8 Å². The molecule has 0 radical (unpaired) electrons. The molecular formula is C25H30N2O3. The molecule has 158 valence electrons. The maximum absolute atomic E-state index is 13.4. The zero-order valence-electron chi connectivity index (χ0n) is 17.5. The molecule has 1 heterocycles. The zero-order chi connectivity index (χ0) is 21.0. The standard InChI is InChI=1S/C25H30N2O3/c1-19-12-14-25(15-13-19)27(23(28)16-20-8-4-2-5-9-20)22(18-30-25)24(29)26-17-21-10-6-3-7-11-21/h2-11,19,22H,12-18H2,1H3,(H,26,29)/t19?,22-,25?/m0/s1. The molecule has 1 saturated carbocycles. The lowest BCUT2D eigenvalue weighted by atomic mass is 9.83. The summed E-state index contributed by atoms with van der Waals surface area (Å²) in [6.45, 7) is 2.94. The van der Waals surface area contributed by atoms with E-state index in [1.54, 1.807) is 4.90 Å². The second-order valence-corrected chi connectivity index (χ2v) is 8.59. The van der Waals surface area contributed by atoms with Crippen molar-refractivity contribution in [3.05, 3.63) is 71.8 Å². The van der Waals surface area contributed by atoms with Gasteiger partial charge in [0.15, 0.2) is 0 Å². The van der Waals surface area contributed by atoms with Gasteiger partial charge in [0.05, 0.1) is 13.0 Å². The molecule has 30 heavy (non-hydrogen) atoms. The summed E-state index contributed by atoms with van der Waals surface area (Å²) in [7, 11) is 0. The molecule has 1 atom stereocenters. The van der Waals surface area contributed by atoms with Crippen LogP contribution in [0.4, 0.5) is 0 Å². The van der Waals surface area contributed by atoms with Crippen LogP contribution in [0.1, 0.15) is 43.7 Å². The van der Waals surface area contributed by atoms with Crippen LogP contribution >= 0.6 is 0 Å². The highest BCUT2D eigenvalue weighted by molar-refractivity contribution is 5.89. The third-order valence-corrected chi connectivity index (χ3v) is 6.40. The summed E-state index contributed by atoms with van der Waals surface area (Å²) in [5.41, 5.74) is 1.35. The van der Waals surface area contributed by atoms with Gasteiger partial charge in [-0.2, -0.15) is 0 Å². The Morgan fingerprint density at radius 2 is 1.60 bits per heavy atom. The smallest absolute Gasteiger partial charge is 0.245 e. The van der Waals surface area contributed by atoms with Crippen LogP contribution < -0.4 is 5.32 Å². The van der Waals surface area contributed by atoms with Crippen molar-refractivity contribution in [3.63, 3.8) is 0 Å². The summed E-state index contributed by atoms with van der Waals surface area (Å²) >= 11 is 0. The molecule has 2 aromatic rings. The molecule has 0 unspecified atom stereocenters. The Morgan fingerprint density at radius 1 is 1.00 bits per heavy atom. The third kappa shape index (κ3) is 4.41. The van der Waals surface area contributed by atoms with Gasteiger partial charge in [0.25, 0.3) is 0 Å². The highest BCUT2D eigenvalue weighted by Crippen LogP contribution is 2.42. The van der Waals surface area contributed by atoms with Crippen molar-refractivity contribution in [2.45, 2.75) is 57.3 Å². The lowest BCUT2D eigenvalue weighted by Gasteiger charge is -2.43. The van der Waals surface area contributed by atoms with Crippen molar-refractivity contribution in [1.29, 1.82) is 0 Å². The molecule has 2 aliphatic rings. The van der Waals surface area contributed by atoms with Crippen molar-refractivity contribution in [1.82, 2.24) is 10.2 Å². The Balaban J connectivity index is 1.52. The van der Waals surface area contributed by atoms with Crippen LogP contribution in [-0.2, 0) is 27.3 Å². The number of rotatable bonds is 5. The number of hydrogen-bond acceptors (Lipinski definition) is 3. The molecule has 1 aliphatic heterocycles. The van der Waals surface area contributed by atoms with E-state index in [1.165, 1.54) is 0 Å². The normalized spacial score (nSPS) is 26.0. The summed E-state index contributed by atoms with van der Waals surface area (Å²) in [5.74, 6) is 0.445. The molecule has 1 aliphatic carbocycles. The van der Waals surface area contributed by atoms with Gasteiger partial charge in [-0.3, -0.25) is 14.5 Å². The molecule has 0 aromatic heterocycles. The Bertz CT molecular complexity index is 860. The average Bonchev–Trinajstić information content (AvgIpc) is 3.15. The van der Waals surface area contributed by atoms with Crippen molar-refractivity contribution >= 4 is 11.8 Å². The molecule has 1 saturated heterocycles. The number of ether oxygens (including phenoxy) is 1. The molecule has 4 rings (SSSR count). The maximum atomic E-state index is 13.4. The van der Waals surface area contributed by atoms with Crippen molar-refractivity contribution in [3.8, 4) is 0 Å².